The molecule has 1 saturated heterocycles. The number of nitrogens with zero attached hydrogens (tertiary/aromatic N) is 1. The summed E-state index contributed by atoms with van der Waals surface area (Å²) in [6.07, 6.45) is 1.53. The van der Waals surface area contributed by atoms with Crippen LogP contribution in [0.4, 0.5) is 0 Å². The smallest absolute Gasteiger partial charge is 0.119 e. The molecule has 16 heavy (non-hydrogen) atoms. The van der Waals surface area contributed by atoms with Crippen molar-refractivity contribution >= 4 is 0 Å². The SMILES string of the molecule is CC(C)CN1CC[C@@H](Oc2ccccc2)C1. The van der Waals surface area contributed by atoms with Gasteiger partial charge in [-0.2, -0.15) is 0 Å². The van der Waals surface area contributed by atoms with E-state index in [1.165, 1.54) is 13.1 Å². The third-order valence-electron chi connectivity index (χ3n) is 2.90. The molecule has 1 atom stereocenters. The first-order chi connectivity index (χ1) is 7.74. The highest BCUT2D eigenvalue weighted by atomic mass is 16.5. The van der Waals surface area contributed by atoms with E-state index in [9.17, 15) is 0 Å². The van der Waals surface area contributed by atoms with Crippen molar-refractivity contribution in [2.75, 3.05) is 19.6 Å². The van der Waals surface area contributed by atoms with Gasteiger partial charge in [0, 0.05) is 19.6 Å². The molecule has 1 heterocycles. The largest absolute Gasteiger partial charge is 0.489 e. The zero-order valence-corrected chi connectivity index (χ0v) is 10.2. The maximum Gasteiger partial charge on any atom is 0.119 e. The second-order valence-corrected chi connectivity index (χ2v) is 5.00. The molecule has 0 N–H and O–H groups in total. The van der Waals surface area contributed by atoms with Crippen molar-refractivity contribution in [3.8, 4) is 5.75 Å². The van der Waals surface area contributed by atoms with Crippen LogP contribution in [-0.4, -0.2) is 30.6 Å². The standard InChI is InChI=1S/C14H21NO/c1-12(2)10-15-9-8-14(11-15)16-13-6-4-3-5-7-13/h3-7,12,14H,8-11H2,1-2H3/t14-/m1/s1. The average Bonchev–Trinajstić information content (AvgIpc) is 2.66. The van der Waals surface area contributed by atoms with Gasteiger partial charge in [0.25, 0.3) is 0 Å². The molecule has 88 valence electrons. The molecule has 0 radical (unpaired) electrons. The van der Waals surface area contributed by atoms with Crippen LogP contribution in [0.3, 0.4) is 0 Å². The molecule has 0 amide bonds. The van der Waals surface area contributed by atoms with Crippen molar-refractivity contribution in [2.24, 2.45) is 5.92 Å². The summed E-state index contributed by atoms with van der Waals surface area (Å²) in [5.41, 5.74) is 0. The van der Waals surface area contributed by atoms with Crippen LogP contribution in [0.25, 0.3) is 0 Å². The van der Waals surface area contributed by atoms with Crippen molar-refractivity contribution in [3.05, 3.63) is 30.3 Å². The first kappa shape index (κ1) is 11.5. The summed E-state index contributed by atoms with van der Waals surface area (Å²) in [5.74, 6) is 1.74. The monoisotopic (exact) mass is 219 g/mol. The maximum atomic E-state index is 5.95. The molecule has 1 aliphatic rings. The fraction of sp³-hybridized carbons (Fsp3) is 0.571. The number of para-hydroxylation sites is 1. The van der Waals surface area contributed by atoms with E-state index < -0.39 is 0 Å². The van der Waals surface area contributed by atoms with Gasteiger partial charge in [-0.25, -0.2) is 0 Å². The van der Waals surface area contributed by atoms with Crippen LogP contribution in [0, 0.1) is 5.92 Å². The lowest BCUT2D eigenvalue weighted by Crippen LogP contribution is -2.28. The lowest BCUT2D eigenvalue weighted by Gasteiger charge is -2.18. The second kappa shape index (κ2) is 5.35. The molecule has 0 spiro atoms. The van der Waals surface area contributed by atoms with Gasteiger partial charge in [-0.3, -0.25) is 4.90 Å². The second-order valence-electron chi connectivity index (χ2n) is 5.00. The summed E-state index contributed by atoms with van der Waals surface area (Å²) in [6, 6.07) is 10.1. The zero-order chi connectivity index (χ0) is 11.4. The van der Waals surface area contributed by atoms with Crippen molar-refractivity contribution < 1.29 is 4.74 Å². The van der Waals surface area contributed by atoms with Crippen LogP contribution >= 0.6 is 0 Å². The predicted octanol–water partition coefficient (Wildman–Crippen LogP) is 2.80. The summed E-state index contributed by atoms with van der Waals surface area (Å²) < 4.78 is 5.95. The number of benzene rings is 1. The minimum absolute atomic E-state index is 0.376. The lowest BCUT2D eigenvalue weighted by atomic mass is 10.2. The molecule has 1 aromatic carbocycles. The Morgan fingerprint density at radius 3 is 2.75 bits per heavy atom. The molecule has 0 aliphatic carbocycles. The number of ether oxygens (including phenoxy) is 1. The van der Waals surface area contributed by atoms with Crippen LogP contribution in [0.1, 0.15) is 20.3 Å². The summed E-state index contributed by atoms with van der Waals surface area (Å²) in [6.45, 7) is 7.98. The summed E-state index contributed by atoms with van der Waals surface area (Å²) in [5, 5.41) is 0. The molecular formula is C14H21NO. The zero-order valence-electron chi connectivity index (χ0n) is 10.2. The Hall–Kier alpha value is -1.02. The number of likely N-dealkylation sites (tertiary alicyclic amines) is 1. The van der Waals surface area contributed by atoms with Crippen LogP contribution in [-0.2, 0) is 0 Å². The molecule has 1 aromatic rings. The van der Waals surface area contributed by atoms with E-state index >= 15 is 0 Å². The highest BCUT2D eigenvalue weighted by Crippen LogP contribution is 2.18. The number of hydrogen-bond donors (Lipinski definition) is 0. The van der Waals surface area contributed by atoms with Crippen molar-refractivity contribution in [2.45, 2.75) is 26.4 Å². The maximum absolute atomic E-state index is 5.95. The molecule has 0 unspecified atom stereocenters. The summed E-state index contributed by atoms with van der Waals surface area (Å²) >= 11 is 0. The van der Waals surface area contributed by atoms with Gasteiger partial charge in [0.05, 0.1) is 0 Å². The molecule has 2 rings (SSSR count). The van der Waals surface area contributed by atoms with E-state index in [0.717, 1.165) is 24.6 Å². The normalized spacial score (nSPS) is 21.6. The van der Waals surface area contributed by atoms with Gasteiger partial charge >= 0.3 is 0 Å². The van der Waals surface area contributed by atoms with Gasteiger partial charge in [-0.05, 0) is 24.5 Å². The van der Waals surface area contributed by atoms with Gasteiger partial charge in [-0.15, -0.1) is 0 Å². The Morgan fingerprint density at radius 2 is 2.06 bits per heavy atom. The van der Waals surface area contributed by atoms with Crippen molar-refractivity contribution in [1.82, 2.24) is 4.90 Å². The minimum atomic E-state index is 0.376. The third-order valence-corrected chi connectivity index (χ3v) is 2.90. The molecule has 2 nitrogen and oxygen atoms in total. The minimum Gasteiger partial charge on any atom is -0.489 e. The molecular weight excluding hydrogens is 198 g/mol. The van der Waals surface area contributed by atoms with Gasteiger partial charge < -0.3 is 4.74 Å². The van der Waals surface area contributed by atoms with Crippen LogP contribution in [0.2, 0.25) is 0 Å². The third kappa shape index (κ3) is 3.24. The highest BCUT2D eigenvalue weighted by molar-refractivity contribution is 5.21. The molecule has 2 heteroatoms. The van der Waals surface area contributed by atoms with Gasteiger partial charge in [0.2, 0.25) is 0 Å². The van der Waals surface area contributed by atoms with E-state index in [-0.39, 0.29) is 0 Å². The Balaban J connectivity index is 1.81. The average molecular weight is 219 g/mol. The lowest BCUT2D eigenvalue weighted by molar-refractivity contribution is 0.195. The number of rotatable bonds is 4. The fourth-order valence-corrected chi connectivity index (χ4v) is 2.27. The Kier molecular flexibility index (Phi) is 3.83. The van der Waals surface area contributed by atoms with Gasteiger partial charge in [-0.1, -0.05) is 32.0 Å². The molecule has 1 aliphatic heterocycles. The predicted molar refractivity (Wildman–Crippen MR) is 66.8 cm³/mol. The topological polar surface area (TPSA) is 12.5 Å². The van der Waals surface area contributed by atoms with Gasteiger partial charge in [0.1, 0.15) is 11.9 Å². The van der Waals surface area contributed by atoms with E-state index in [4.69, 9.17) is 4.74 Å². The Morgan fingerprint density at radius 1 is 1.31 bits per heavy atom. The Labute approximate surface area is 98.2 Å². The molecule has 0 bridgehead atoms. The summed E-state index contributed by atoms with van der Waals surface area (Å²) in [7, 11) is 0. The van der Waals surface area contributed by atoms with Gasteiger partial charge in [0.15, 0.2) is 0 Å². The van der Waals surface area contributed by atoms with Crippen LogP contribution in [0.5, 0.6) is 5.75 Å². The fourth-order valence-electron chi connectivity index (χ4n) is 2.27. The highest BCUT2D eigenvalue weighted by Gasteiger charge is 2.23. The van der Waals surface area contributed by atoms with Crippen LogP contribution < -0.4 is 4.74 Å². The first-order valence-electron chi connectivity index (χ1n) is 6.18. The van der Waals surface area contributed by atoms with E-state index in [0.29, 0.717) is 6.10 Å². The molecule has 1 fully saturated rings. The Bertz CT molecular complexity index is 310. The van der Waals surface area contributed by atoms with Crippen molar-refractivity contribution in [1.29, 1.82) is 0 Å². The number of hydrogen-bond acceptors (Lipinski definition) is 2. The van der Waals surface area contributed by atoms with E-state index in [1.807, 2.05) is 30.3 Å². The quantitative estimate of drug-likeness (QED) is 0.772. The first-order valence-corrected chi connectivity index (χ1v) is 6.18. The van der Waals surface area contributed by atoms with Crippen LogP contribution in [0.15, 0.2) is 30.3 Å². The molecule has 0 aromatic heterocycles. The molecule has 0 saturated carbocycles. The summed E-state index contributed by atoms with van der Waals surface area (Å²) in [4.78, 5) is 2.50. The van der Waals surface area contributed by atoms with E-state index in [2.05, 4.69) is 18.7 Å². The van der Waals surface area contributed by atoms with Crippen molar-refractivity contribution in [3.63, 3.8) is 0 Å². The van der Waals surface area contributed by atoms with E-state index in [1.54, 1.807) is 0 Å².